The van der Waals surface area contributed by atoms with Crippen LogP contribution in [0.4, 0.5) is 8.78 Å². The maximum absolute atomic E-state index is 15.7. The predicted octanol–water partition coefficient (Wildman–Crippen LogP) is 5.78. The molecule has 1 atom stereocenters. The van der Waals surface area contributed by atoms with Gasteiger partial charge in [0.05, 0.1) is 35.8 Å². The molecule has 1 aliphatic heterocycles. The van der Waals surface area contributed by atoms with Crippen LogP contribution in [0.15, 0.2) is 42.0 Å². The molecule has 1 aromatic carbocycles. The Hall–Kier alpha value is -3.63. The first-order valence-corrected chi connectivity index (χ1v) is 13.0. The second-order valence-electron chi connectivity index (χ2n) is 9.66. The number of ether oxygens (including phenoxy) is 1. The molecule has 1 aliphatic rings. The van der Waals surface area contributed by atoms with Crippen molar-refractivity contribution in [2.45, 2.75) is 46.0 Å². The van der Waals surface area contributed by atoms with Gasteiger partial charge in [-0.3, -0.25) is 9.36 Å². The molecule has 4 aromatic heterocycles. The highest BCUT2D eigenvalue weighted by Gasteiger charge is 2.28. The van der Waals surface area contributed by atoms with Crippen molar-refractivity contribution in [3.05, 3.63) is 59.4 Å². The van der Waals surface area contributed by atoms with E-state index in [9.17, 15) is 4.39 Å². The molecule has 0 radical (unpaired) electrons. The lowest BCUT2D eigenvalue weighted by Gasteiger charge is -2.21. The van der Waals surface area contributed by atoms with Gasteiger partial charge in [-0.25, -0.2) is 13.8 Å². The van der Waals surface area contributed by atoms with Gasteiger partial charge in [0.2, 0.25) is 0 Å². The number of nitrogens with zero attached hydrogens (tertiary/aromatic N) is 5. The van der Waals surface area contributed by atoms with Gasteiger partial charge in [0.1, 0.15) is 28.8 Å². The van der Waals surface area contributed by atoms with Gasteiger partial charge in [0, 0.05) is 59.2 Å². The van der Waals surface area contributed by atoms with E-state index in [0.717, 1.165) is 33.1 Å². The fourth-order valence-corrected chi connectivity index (χ4v) is 5.77. The number of nitrogens with one attached hydrogen (secondary N) is 1. The van der Waals surface area contributed by atoms with Gasteiger partial charge in [0.15, 0.2) is 0 Å². The first-order valence-electron chi connectivity index (χ1n) is 12.1. The van der Waals surface area contributed by atoms with E-state index >= 15 is 4.39 Å². The van der Waals surface area contributed by atoms with Gasteiger partial charge in [-0.2, -0.15) is 10.2 Å². The minimum atomic E-state index is -0.707. The molecule has 0 spiro atoms. The molecule has 1 unspecified atom stereocenters. The van der Waals surface area contributed by atoms with E-state index in [-0.39, 0.29) is 23.5 Å². The van der Waals surface area contributed by atoms with E-state index in [1.165, 1.54) is 17.4 Å². The summed E-state index contributed by atoms with van der Waals surface area (Å²) in [6, 6.07) is 6.36. The lowest BCUT2D eigenvalue weighted by atomic mass is 9.97. The standard InChI is InChI=1S/C27H26F2N6OS/c1-14(2)36-22-8-17(28)7-20(29)23(22)24-26(21-9-18-11-30-15(3)12-35(18)33-21)32-25(16-10-31-34(4)13-16)19-5-6-37-27(19)24/h5-10,13-15,30H,11-12H2,1-4H3. The summed E-state index contributed by atoms with van der Waals surface area (Å²) >= 11 is 1.48. The van der Waals surface area contributed by atoms with Gasteiger partial charge in [-0.05, 0) is 38.3 Å². The molecule has 5 heterocycles. The Labute approximate surface area is 216 Å². The van der Waals surface area contributed by atoms with E-state index in [1.807, 2.05) is 49.3 Å². The highest BCUT2D eigenvalue weighted by molar-refractivity contribution is 7.18. The SMILES string of the molecule is CC1Cn2nc(-c3nc(-c4cnn(C)c4)c4ccsc4c3-c3c(F)cc(F)cc3OC(C)C)cc2CN1. The van der Waals surface area contributed by atoms with E-state index < -0.39 is 11.6 Å². The van der Waals surface area contributed by atoms with E-state index in [0.29, 0.717) is 30.0 Å². The summed E-state index contributed by atoms with van der Waals surface area (Å²) in [5.74, 6) is -1.27. The van der Waals surface area contributed by atoms with Crippen LogP contribution in [0.2, 0.25) is 0 Å². The van der Waals surface area contributed by atoms with E-state index in [4.69, 9.17) is 14.8 Å². The zero-order chi connectivity index (χ0) is 25.8. The molecule has 0 saturated heterocycles. The third kappa shape index (κ3) is 4.19. The molecule has 6 rings (SSSR count). The van der Waals surface area contributed by atoms with E-state index in [1.54, 1.807) is 10.9 Å². The number of halogens is 2. The van der Waals surface area contributed by atoms with Crippen molar-refractivity contribution in [3.63, 3.8) is 0 Å². The summed E-state index contributed by atoms with van der Waals surface area (Å²) < 4.78 is 40.5. The summed E-state index contributed by atoms with van der Waals surface area (Å²) in [4.78, 5) is 5.09. The van der Waals surface area contributed by atoms with Crippen LogP contribution in [0.3, 0.4) is 0 Å². The van der Waals surface area contributed by atoms with Crippen LogP contribution in [0.25, 0.3) is 43.9 Å². The lowest BCUT2D eigenvalue weighted by molar-refractivity contribution is 0.241. The van der Waals surface area contributed by atoms with Crippen LogP contribution < -0.4 is 10.1 Å². The average molecular weight is 521 g/mol. The first-order chi connectivity index (χ1) is 17.8. The first kappa shape index (κ1) is 23.7. The van der Waals surface area contributed by atoms with Crippen molar-refractivity contribution in [1.29, 1.82) is 0 Å². The fraction of sp³-hybridized carbons (Fsp3) is 0.296. The lowest BCUT2D eigenvalue weighted by Crippen LogP contribution is -2.36. The van der Waals surface area contributed by atoms with Gasteiger partial charge in [-0.1, -0.05) is 0 Å². The molecule has 0 saturated carbocycles. The van der Waals surface area contributed by atoms with E-state index in [2.05, 4.69) is 17.3 Å². The minimum absolute atomic E-state index is 0.138. The van der Waals surface area contributed by atoms with Crippen molar-refractivity contribution >= 4 is 21.4 Å². The number of hydrogen-bond acceptors (Lipinski definition) is 6. The van der Waals surface area contributed by atoms with Crippen molar-refractivity contribution in [1.82, 2.24) is 29.9 Å². The molecule has 0 fully saturated rings. The molecular weight excluding hydrogens is 494 g/mol. The quantitative estimate of drug-likeness (QED) is 0.318. The van der Waals surface area contributed by atoms with Crippen LogP contribution in [-0.4, -0.2) is 36.7 Å². The molecular formula is C27H26F2N6OS. The molecule has 37 heavy (non-hydrogen) atoms. The third-order valence-corrected chi connectivity index (χ3v) is 7.33. The number of aromatic nitrogens is 5. The van der Waals surface area contributed by atoms with Crippen LogP contribution in [0.5, 0.6) is 5.75 Å². The van der Waals surface area contributed by atoms with Crippen molar-refractivity contribution in [2.75, 3.05) is 0 Å². The number of aryl methyl sites for hydroxylation is 1. The second-order valence-corrected chi connectivity index (χ2v) is 10.6. The summed E-state index contributed by atoms with van der Waals surface area (Å²) in [5, 5.41) is 15.5. The number of pyridine rings is 1. The molecule has 5 aromatic rings. The Kier molecular flexibility index (Phi) is 5.80. The normalized spacial score (nSPS) is 15.5. The Morgan fingerprint density at radius 2 is 2.00 bits per heavy atom. The number of fused-ring (bicyclic) bond motifs is 2. The van der Waals surface area contributed by atoms with Crippen LogP contribution >= 0.6 is 11.3 Å². The molecule has 1 N–H and O–H groups in total. The Bertz CT molecular complexity index is 1640. The summed E-state index contributed by atoms with van der Waals surface area (Å²) in [7, 11) is 1.85. The Morgan fingerprint density at radius 3 is 2.76 bits per heavy atom. The predicted molar refractivity (Wildman–Crippen MR) is 140 cm³/mol. The molecule has 0 aliphatic carbocycles. The maximum Gasteiger partial charge on any atom is 0.137 e. The van der Waals surface area contributed by atoms with Gasteiger partial charge in [-0.15, -0.1) is 11.3 Å². The number of benzene rings is 1. The maximum atomic E-state index is 15.7. The second kappa shape index (κ2) is 9.04. The molecule has 0 amide bonds. The van der Waals surface area contributed by atoms with Gasteiger partial charge < -0.3 is 10.1 Å². The van der Waals surface area contributed by atoms with Crippen molar-refractivity contribution in [2.24, 2.45) is 7.05 Å². The smallest absolute Gasteiger partial charge is 0.137 e. The summed E-state index contributed by atoms with van der Waals surface area (Å²) in [5.41, 5.74) is 4.46. The molecule has 0 bridgehead atoms. The Morgan fingerprint density at radius 1 is 1.16 bits per heavy atom. The zero-order valence-electron chi connectivity index (χ0n) is 20.9. The van der Waals surface area contributed by atoms with Gasteiger partial charge >= 0.3 is 0 Å². The fourth-order valence-electron chi connectivity index (χ4n) is 4.82. The highest BCUT2D eigenvalue weighted by Crippen LogP contribution is 2.47. The molecule has 10 heteroatoms. The molecule has 190 valence electrons. The third-order valence-electron chi connectivity index (χ3n) is 6.40. The van der Waals surface area contributed by atoms with Crippen LogP contribution in [0, 0.1) is 11.6 Å². The van der Waals surface area contributed by atoms with Crippen LogP contribution in [0.1, 0.15) is 26.5 Å². The van der Waals surface area contributed by atoms with Crippen molar-refractivity contribution in [3.8, 4) is 39.5 Å². The monoisotopic (exact) mass is 520 g/mol. The number of rotatable bonds is 5. The largest absolute Gasteiger partial charge is 0.490 e. The van der Waals surface area contributed by atoms with Crippen LogP contribution in [-0.2, 0) is 20.1 Å². The van der Waals surface area contributed by atoms with Crippen molar-refractivity contribution < 1.29 is 13.5 Å². The van der Waals surface area contributed by atoms with Gasteiger partial charge in [0.25, 0.3) is 0 Å². The number of hydrogen-bond donors (Lipinski definition) is 1. The summed E-state index contributed by atoms with van der Waals surface area (Å²) in [6.07, 6.45) is 3.38. The zero-order valence-corrected chi connectivity index (χ0v) is 21.7. The topological polar surface area (TPSA) is 69.8 Å². The Balaban J connectivity index is 1.69. The minimum Gasteiger partial charge on any atom is -0.490 e. The highest BCUT2D eigenvalue weighted by atomic mass is 32.1. The molecule has 7 nitrogen and oxygen atoms in total. The summed E-state index contributed by atoms with van der Waals surface area (Å²) in [6.45, 7) is 7.15. The average Bonchev–Trinajstić information content (AvgIpc) is 3.57. The number of thiophene rings is 1.